The minimum atomic E-state index is -1.90. The predicted octanol–water partition coefficient (Wildman–Crippen LogP) is 3.79. The quantitative estimate of drug-likeness (QED) is 0.444. The first-order valence-corrected chi connectivity index (χ1v) is 11.5. The van der Waals surface area contributed by atoms with Gasteiger partial charge < -0.3 is 14.1 Å². The number of rotatable bonds is 4. The molecule has 0 bridgehead atoms. The van der Waals surface area contributed by atoms with Crippen molar-refractivity contribution >= 4 is 14.2 Å². The SMILES string of the molecule is C=C[C@H]1COC(C)(C)N2C(=O)[C@H]([C@@H](C)O[Si](C)(C)C(C)(C)C)[C@@H]12. The molecule has 0 aromatic rings. The lowest BCUT2D eigenvalue weighted by Crippen LogP contribution is -2.76. The van der Waals surface area contributed by atoms with Crippen LogP contribution in [0.2, 0.25) is 18.1 Å². The Morgan fingerprint density at radius 2 is 2.00 bits per heavy atom. The molecule has 0 saturated carbocycles. The third-order valence-corrected chi connectivity index (χ3v) is 10.5. The molecule has 0 aliphatic carbocycles. The van der Waals surface area contributed by atoms with Crippen molar-refractivity contribution in [2.24, 2.45) is 11.8 Å². The zero-order valence-corrected chi connectivity index (χ0v) is 17.0. The number of β-lactam (4-membered cyclic amide) rings is 1. The van der Waals surface area contributed by atoms with E-state index in [1.165, 1.54) is 0 Å². The second-order valence-electron chi connectivity index (χ2n) is 8.97. The van der Waals surface area contributed by atoms with Crippen molar-refractivity contribution in [3.63, 3.8) is 0 Å². The van der Waals surface area contributed by atoms with Gasteiger partial charge >= 0.3 is 0 Å². The van der Waals surface area contributed by atoms with Gasteiger partial charge in [0.2, 0.25) is 5.91 Å². The molecule has 2 heterocycles. The summed E-state index contributed by atoms with van der Waals surface area (Å²) in [5.41, 5.74) is -0.533. The van der Waals surface area contributed by atoms with Crippen LogP contribution in [0.5, 0.6) is 0 Å². The van der Waals surface area contributed by atoms with Gasteiger partial charge in [-0.2, -0.15) is 0 Å². The van der Waals surface area contributed by atoms with Crippen molar-refractivity contribution in [2.75, 3.05) is 6.61 Å². The van der Waals surface area contributed by atoms with Crippen LogP contribution in [0.3, 0.4) is 0 Å². The van der Waals surface area contributed by atoms with Gasteiger partial charge in [0.05, 0.1) is 24.7 Å². The molecule has 0 aromatic carbocycles. The number of fused-ring (bicyclic) bond motifs is 1. The molecular weight excluding hydrogens is 306 g/mol. The molecule has 0 radical (unpaired) electrons. The Balaban J connectivity index is 2.20. The van der Waals surface area contributed by atoms with Crippen molar-refractivity contribution < 1.29 is 14.0 Å². The van der Waals surface area contributed by atoms with Crippen molar-refractivity contribution in [3.05, 3.63) is 12.7 Å². The first kappa shape index (κ1) is 18.7. The summed E-state index contributed by atoms with van der Waals surface area (Å²) >= 11 is 0. The highest BCUT2D eigenvalue weighted by Gasteiger charge is 2.61. The number of amides is 1. The fraction of sp³-hybridized carbons (Fsp3) is 0.833. The van der Waals surface area contributed by atoms with E-state index in [1.807, 2.05) is 24.8 Å². The molecule has 4 nitrogen and oxygen atoms in total. The topological polar surface area (TPSA) is 38.8 Å². The van der Waals surface area contributed by atoms with Crippen LogP contribution >= 0.6 is 0 Å². The summed E-state index contributed by atoms with van der Waals surface area (Å²) in [5, 5.41) is 0.139. The van der Waals surface area contributed by atoms with Gasteiger partial charge in [-0.15, -0.1) is 6.58 Å². The molecule has 2 fully saturated rings. The van der Waals surface area contributed by atoms with Gasteiger partial charge in [0.15, 0.2) is 8.32 Å². The van der Waals surface area contributed by atoms with E-state index in [0.717, 1.165) is 0 Å². The molecule has 0 unspecified atom stereocenters. The maximum Gasteiger partial charge on any atom is 0.232 e. The van der Waals surface area contributed by atoms with Gasteiger partial charge in [-0.3, -0.25) is 4.79 Å². The van der Waals surface area contributed by atoms with E-state index in [1.54, 1.807) is 0 Å². The highest BCUT2D eigenvalue weighted by Crippen LogP contribution is 2.46. The maximum absolute atomic E-state index is 12.8. The lowest BCUT2D eigenvalue weighted by molar-refractivity contribution is -0.250. The monoisotopic (exact) mass is 339 g/mol. The molecular formula is C18H33NO3Si. The second kappa shape index (κ2) is 5.71. The molecule has 0 spiro atoms. The molecule has 1 amide bonds. The van der Waals surface area contributed by atoms with E-state index in [4.69, 9.17) is 9.16 Å². The number of carbonyl (C=O) groups is 1. The predicted molar refractivity (Wildman–Crippen MR) is 95.6 cm³/mol. The van der Waals surface area contributed by atoms with Crippen LogP contribution in [-0.2, 0) is 14.0 Å². The minimum Gasteiger partial charge on any atom is -0.413 e. The van der Waals surface area contributed by atoms with Gasteiger partial charge in [0.1, 0.15) is 5.72 Å². The first-order valence-electron chi connectivity index (χ1n) is 8.61. The number of hydrogen-bond donors (Lipinski definition) is 0. The summed E-state index contributed by atoms with van der Waals surface area (Å²) in [6.45, 7) is 21.7. The molecule has 2 aliphatic heterocycles. The zero-order valence-electron chi connectivity index (χ0n) is 16.0. The molecule has 2 rings (SSSR count). The second-order valence-corrected chi connectivity index (χ2v) is 13.7. The summed E-state index contributed by atoms with van der Waals surface area (Å²) in [7, 11) is -1.90. The van der Waals surface area contributed by atoms with Crippen LogP contribution in [0, 0.1) is 11.8 Å². The summed E-state index contributed by atoms with van der Waals surface area (Å²) < 4.78 is 12.4. The maximum atomic E-state index is 12.8. The summed E-state index contributed by atoms with van der Waals surface area (Å²) in [4.78, 5) is 14.7. The average Bonchev–Trinajstić information content (AvgIpc) is 2.34. The highest BCUT2D eigenvalue weighted by molar-refractivity contribution is 6.74. The van der Waals surface area contributed by atoms with Gasteiger partial charge in [-0.1, -0.05) is 26.8 Å². The smallest absolute Gasteiger partial charge is 0.232 e. The Morgan fingerprint density at radius 1 is 1.43 bits per heavy atom. The van der Waals surface area contributed by atoms with E-state index in [0.29, 0.717) is 6.61 Å². The molecule has 23 heavy (non-hydrogen) atoms. The molecule has 4 atom stereocenters. The molecule has 2 saturated heterocycles. The van der Waals surface area contributed by atoms with Crippen molar-refractivity contribution in [1.29, 1.82) is 0 Å². The molecule has 0 aromatic heterocycles. The third-order valence-electron chi connectivity index (χ3n) is 5.93. The Morgan fingerprint density at radius 3 is 2.48 bits per heavy atom. The average molecular weight is 340 g/mol. The molecule has 0 N–H and O–H groups in total. The van der Waals surface area contributed by atoms with Crippen LogP contribution in [0.15, 0.2) is 12.7 Å². The Kier molecular flexibility index (Phi) is 4.64. The van der Waals surface area contributed by atoms with Crippen molar-refractivity contribution in [2.45, 2.75) is 77.5 Å². The van der Waals surface area contributed by atoms with Gasteiger partial charge in [0.25, 0.3) is 0 Å². The van der Waals surface area contributed by atoms with Gasteiger partial charge in [0, 0.05) is 5.92 Å². The lowest BCUT2D eigenvalue weighted by atomic mass is 9.73. The van der Waals surface area contributed by atoms with Crippen molar-refractivity contribution in [3.8, 4) is 0 Å². The standard InChI is InChI=1S/C18H33NO3Si/c1-10-13-11-21-18(6,7)19-15(13)14(16(19)20)12(2)22-23(8,9)17(3,4)5/h10,12-15H,1,11H2,2-9H3/t12-,13+,14-,15-/m1/s1. The van der Waals surface area contributed by atoms with Gasteiger partial charge in [-0.25, -0.2) is 0 Å². The number of ether oxygens (including phenoxy) is 1. The van der Waals surface area contributed by atoms with Crippen LogP contribution in [0.1, 0.15) is 41.5 Å². The Labute approximate surface area is 142 Å². The number of hydrogen-bond acceptors (Lipinski definition) is 3. The minimum absolute atomic E-state index is 0.0685. The van der Waals surface area contributed by atoms with E-state index in [2.05, 4.69) is 47.4 Å². The number of carbonyl (C=O) groups excluding carboxylic acids is 1. The van der Waals surface area contributed by atoms with Crippen LogP contribution in [-0.4, -0.2) is 43.6 Å². The fourth-order valence-corrected chi connectivity index (χ4v) is 4.91. The van der Waals surface area contributed by atoms with E-state index < -0.39 is 14.0 Å². The largest absolute Gasteiger partial charge is 0.413 e. The van der Waals surface area contributed by atoms with Crippen molar-refractivity contribution in [1.82, 2.24) is 4.90 Å². The van der Waals surface area contributed by atoms with E-state index in [-0.39, 0.29) is 34.9 Å². The first-order chi connectivity index (χ1) is 10.3. The van der Waals surface area contributed by atoms with E-state index in [9.17, 15) is 4.79 Å². The van der Waals surface area contributed by atoms with Crippen LogP contribution in [0.4, 0.5) is 0 Å². The van der Waals surface area contributed by atoms with Gasteiger partial charge in [-0.05, 0) is 38.9 Å². The highest BCUT2D eigenvalue weighted by atomic mass is 28.4. The van der Waals surface area contributed by atoms with Crippen LogP contribution in [0.25, 0.3) is 0 Å². The van der Waals surface area contributed by atoms with E-state index >= 15 is 0 Å². The summed E-state index contributed by atoms with van der Waals surface area (Å²) in [6, 6.07) is 0.142. The summed E-state index contributed by atoms with van der Waals surface area (Å²) in [6.07, 6.45) is 1.85. The Hall–Kier alpha value is -0.653. The lowest BCUT2D eigenvalue weighted by Gasteiger charge is -2.61. The zero-order chi connectivity index (χ0) is 17.8. The Bertz CT molecular complexity index is 495. The molecule has 2 aliphatic rings. The normalized spacial score (nSPS) is 32.1. The molecule has 132 valence electrons. The third kappa shape index (κ3) is 3.03. The summed E-state index contributed by atoms with van der Waals surface area (Å²) in [5.74, 6) is 0.240. The molecule has 5 heteroatoms. The van der Waals surface area contributed by atoms with Crippen LogP contribution < -0.4 is 0 Å². The fourth-order valence-electron chi connectivity index (χ4n) is 3.48. The number of nitrogens with zero attached hydrogens (tertiary/aromatic N) is 1.